The Balaban J connectivity index is 1.21. The van der Waals surface area contributed by atoms with Crippen LogP contribution in [-0.4, -0.2) is 28.9 Å². The van der Waals surface area contributed by atoms with E-state index in [-0.39, 0.29) is 34.7 Å². The van der Waals surface area contributed by atoms with Crippen molar-refractivity contribution in [3.8, 4) is 5.75 Å². The number of carbonyl (C=O) groups is 2. The summed E-state index contributed by atoms with van der Waals surface area (Å²) in [6.07, 6.45) is 3.63. The van der Waals surface area contributed by atoms with Gasteiger partial charge in [-0.2, -0.15) is 0 Å². The van der Waals surface area contributed by atoms with Crippen LogP contribution >= 0.6 is 11.6 Å². The first-order valence-electron chi connectivity index (χ1n) is 9.38. The van der Waals surface area contributed by atoms with Crippen molar-refractivity contribution in [3.05, 3.63) is 58.6 Å². The quantitative estimate of drug-likeness (QED) is 0.726. The first-order chi connectivity index (χ1) is 13.8. The summed E-state index contributed by atoms with van der Waals surface area (Å²) in [6, 6.07) is 7.87. The third-order valence-electron chi connectivity index (χ3n) is 5.58. The predicted octanol–water partition coefficient (Wildman–Crippen LogP) is 2.92. The number of nitrogens with zero attached hydrogens (tertiary/aromatic N) is 1. The molecular weight excluding hydrogens is 397 g/mol. The molecule has 3 aliphatic carbocycles. The highest BCUT2D eigenvalue weighted by Gasteiger charge is 2.72. The standard InChI is InChI=1S/C21H21ClFN3O3/c1-13-2-3-14(24-7-13)8-25-19(28)20-10-21(11-20,12-20)26-18(27)9-29-15-4-5-16(22)17(23)6-15/h2-7H,8-12H2,1H3,(H,25,28)(H,26,27). The highest BCUT2D eigenvalue weighted by atomic mass is 35.5. The normalized spacial score (nSPS) is 24.1. The van der Waals surface area contributed by atoms with Gasteiger partial charge in [-0.05, 0) is 49.9 Å². The molecule has 2 amide bonds. The van der Waals surface area contributed by atoms with E-state index in [1.165, 1.54) is 12.1 Å². The van der Waals surface area contributed by atoms with Crippen molar-refractivity contribution in [2.24, 2.45) is 5.41 Å². The lowest BCUT2D eigenvalue weighted by Gasteiger charge is -2.69. The van der Waals surface area contributed by atoms with Crippen molar-refractivity contribution < 1.29 is 18.7 Å². The minimum atomic E-state index is -0.599. The Morgan fingerprint density at radius 3 is 2.66 bits per heavy atom. The maximum Gasteiger partial charge on any atom is 0.258 e. The van der Waals surface area contributed by atoms with E-state index >= 15 is 0 Å². The van der Waals surface area contributed by atoms with Crippen LogP contribution in [0.5, 0.6) is 5.75 Å². The van der Waals surface area contributed by atoms with E-state index in [1.54, 1.807) is 6.20 Å². The predicted molar refractivity (Wildman–Crippen MR) is 105 cm³/mol. The molecule has 3 fully saturated rings. The van der Waals surface area contributed by atoms with Gasteiger partial charge in [0.25, 0.3) is 5.91 Å². The summed E-state index contributed by atoms with van der Waals surface area (Å²) in [5, 5.41) is 5.88. The van der Waals surface area contributed by atoms with Gasteiger partial charge >= 0.3 is 0 Å². The highest BCUT2D eigenvalue weighted by molar-refractivity contribution is 6.30. The fourth-order valence-electron chi connectivity index (χ4n) is 4.17. The molecule has 0 radical (unpaired) electrons. The largest absolute Gasteiger partial charge is 0.484 e. The molecule has 1 heterocycles. The van der Waals surface area contributed by atoms with Crippen LogP contribution < -0.4 is 15.4 Å². The first-order valence-corrected chi connectivity index (χ1v) is 9.76. The van der Waals surface area contributed by atoms with E-state index in [9.17, 15) is 14.0 Å². The van der Waals surface area contributed by atoms with Crippen LogP contribution in [0, 0.1) is 18.2 Å². The number of hydrogen-bond acceptors (Lipinski definition) is 4. The molecule has 1 aromatic heterocycles. The number of aryl methyl sites for hydroxylation is 1. The van der Waals surface area contributed by atoms with Gasteiger partial charge < -0.3 is 15.4 Å². The molecule has 0 aliphatic heterocycles. The van der Waals surface area contributed by atoms with Gasteiger partial charge in [0.05, 0.1) is 22.7 Å². The number of benzene rings is 1. The summed E-state index contributed by atoms with van der Waals surface area (Å²) in [5.74, 6) is -0.653. The van der Waals surface area contributed by atoms with Gasteiger partial charge in [0.15, 0.2) is 6.61 Å². The zero-order chi connectivity index (χ0) is 20.6. The number of pyridine rings is 1. The monoisotopic (exact) mass is 417 g/mol. The van der Waals surface area contributed by atoms with Crippen LogP contribution in [0.3, 0.4) is 0 Å². The van der Waals surface area contributed by atoms with Gasteiger partial charge in [-0.1, -0.05) is 17.7 Å². The van der Waals surface area contributed by atoms with E-state index in [0.29, 0.717) is 25.8 Å². The second-order valence-corrected chi connectivity index (χ2v) is 8.42. The van der Waals surface area contributed by atoms with E-state index in [1.807, 2.05) is 19.1 Å². The lowest BCUT2D eigenvalue weighted by atomic mass is 9.39. The molecule has 152 valence electrons. The molecular formula is C21H21ClFN3O3. The van der Waals surface area contributed by atoms with Gasteiger partial charge in [0.2, 0.25) is 5.91 Å². The van der Waals surface area contributed by atoms with Crippen LogP contribution in [0.25, 0.3) is 0 Å². The van der Waals surface area contributed by atoms with Crippen molar-refractivity contribution >= 4 is 23.4 Å². The number of halogens is 2. The van der Waals surface area contributed by atoms with Gasteiger partial charge in [-0.3, -0.25) is 14.6 Å². The number of aromatic nitrogens is 1. The van der Waals surface area contributed by atoms with E-state index in [4.69, 9.17) is 16.3 Å². The summed E-state index contributed by atoms with van der Waals surface area (Å²) < 4.78 is 18.7. The van der Waals surface area contributed by atoms with Gasteiger partial charge in [-0.15, -0.1) is 0 Å². The minimum Gasteiger partial charge on any atom is -0.484 e. The Morgan fingerprint density at radius 2 is 2.00 bits per heavy atom. The lowest BCUT2D eigenvalue weighted by molar-refractivity contribution is -0.184. The molecule has 0 saturated heterocycles. The summed E-state index contributed by atoms with van der Waals surface area (Å²) in [5.41, 5.74) is 1.17. The van der Waals surface area contributed by atoms with Crippen LogP contribution in [0.15, 0.2) is 36.5 Å². The molecule has 8 heteroatoms. The van der Waals surface area contributed by atoms with Crippen LogP contribution in [-0.2, 0) is 16.1 Å². The van der Waals surface area contributed by atoms with E-state index < -0.39 is 11.2 Å². The van der Waals surface area contributed by atoms with Gasteiger partial charge in [0.1, 0.15) is 11.6 Å². The van der Waals surface area contributed by atoms with Crippen molar-refractivity contribution in [1.29, 1.82) is 0 Å². The highest BCUT2D eigenvalue weighted by Crippen LogP contribution is 2.67. The van der Waals surface area contributed by atoms with Crippen LogP contribution in [0.2, 0.25) is 5.02 Å². The third-order valence-corrected chi connectivity index (χ3v) is 5.89. The van der Waals surface area contributed by atoms with Gasteiger partial charge in [0, 0.05) is 17.8 Å². The van der Waals surface area contributed by atoms with Crippen molar-refractivity contribution in [2.75, 3.05) is 6.61 Å². The maximum absolute atomic E-state index is 13.4. The van der Waals surface area contributed by atoms with E-state index in [2.05, 4.69) is 15.6 Å². The topological polar surface area (TPSA) is 80.3 Å². The average Bonchev–Trinajstić information content (AvgIpc) is 2.63. The second-order valence-electron chi connectivity index (χ2n) is 8.01. The Hall–Kier alpha value is -2.67. The third kappa shape index (κ3) is 3.92. The van der Waals surface area contributed by atoms with Crippen LogP contribution in [0.1, 0.15) is 30.5 Å². The Labute approximate surface area is 172 Å². The SMILES string of the molecule is Cc1ccc(CNC(=O)C23CC(NC(=O)COc4ccc(Cl)c(F)c4)(C2)C3)nc1. The number of hydrogen-bond donors (Lipinski definition) is 2. The summed E-state index contributed by atoms with van der Waals surface area (Å²) in [7, 11) is 0. The molecule has 3 aliphatic rings. The summed E-state index contributed by atoms with van der Waals surface area (Å²) in [4.78, 5) is 28.9. The fourth-order valence-corrected chi connectivity index (χ4v) is 4.29. The molecule has 0 spiro atoms. The summed E-state index contributed by atoms with van der Waals surface area (Å²) in [6.45, 7) is 2.14. The molecule has 0 unspecified atom stereocenters. The molecule has 2 bridgehead atoms. The Bertz CT molecular complexity index is 944. The molecule has 29 heavy (non-hydrogen) atoms. The number of nitrogens with one attached hydrogen (secondary N) is 2. The lowest BCUT2D eigenvalue weighted by Crippen LogP contribution is -2.78. The van der Waals surface area contributed by atoms with Crippen molar-refractivity contribution in [1.82, 2.24) is 15.6 Å². The zero-order valence-electron chi connectivity index (χ0n) is 15.9. The molecule has 2 aromatic rings. The molecule has 5 rings (SSSR count). The molecule has 1 aromatic carbocycles. The number of rotatable bonds is 7. The number of ether oxygens (including phenoxy) is 1. The van der Waals surface area contributed by atoms with Gasteiger partial charge in [-0.25, -0.2) is 4.39 Å². The molecule has 3 saturated carbocycles. The average molecular weight is 418 g/mol. The minimum absolute atomic E-state index is 0.00241. The Kier molecular flexibility index (Phi) is 4.94. The molecule has 0 atom stereocenters. The Morgan fingerprint density at radius 1 is 1.24 bits per heavy atom. The summed E-state index contributed by atoms with van der Waals surface area (Å²) >= 11 is 5.62. The van der Waals surface area contributed by atoms with Crippen LogP contribution in [0.4, 0.5) is 4.39 Å². The zero-order valence-corrected chi connectivity index (χ0v) is 16.7. The van der Waals surface area contributed by atoms with Crippen molar-refractivity contribution in [2.45, 2.75) is 38.3 Å². The second kappa shape index (κ2) is 7.30. The number of amides is 2. The fraction of sp³-hybridized carbons (Fsp3) is 0.381. The first kappa shape index (κ1) is 19.6. The molecule has 6 nitrogen and oxygen atoms in total. The molecule has 2 N–H and O–H groups in total. The van der Waals surface area contributed by atoms with Crippen molar-refractivity contribution in [3.63, 3.8) is 0 Å². The maximum atomic E-state index is 13.4. The smallest absolute Gasteiger partial charge is 0.258 e. The van der Waals surface area contributed by atoms with E-state index in [0.717, 1.165) is 17.3 Å². The number of carbonyl (C=O) groups excluding carboxylic acids is 2.